The lowest BCUT2D eigenvalue weighted by molar-refractivity contribution is 0.114. The molecule has 13 N–H and O–H groups in total. The van der Waals surface area contributed by atoms with Crippen molar-refractivity contribution in [3.8, 4) is 0 Å². The van der Waals surface area contributed by atoms with Crippen molar-refractivity contribution in [2.24, 2.45) is 0 Å². The largest absolute Gasteiger partial charge is 0.431 e. The number of imidazole rings is 4. The van der Waals surface area contributed by atoms with Crippen molar-refractivity contribution in [3.63, 3.8) is 0 Å². The predicted molar refractivity (Wildman–Crippen MR) is 533 cm³/mol. The fourth-order valence-corrected chi connectivity index (χ4v) is 18.9. The van der Waals surface area contributed by atoms with Crippen molar-refractivity contribution < 1.29 is 130 Å². The Morgan fingerprint density at radius 3 is 1.08 bits per heavy atom. The summed E-state index contributed by atoms with van der Waals surface area (Å²) in [7, 11) is -15.4. The average Bonchev–Trinajstić information content (AvgIpc) is 1.69. The van der Waals surface area contributed by atoms with E-state index < -0.39 is 95.7 Å². The van der Waals surface area contributed by atoms with E-state index in [1.165, 1.54) is 49.8 Å². The van der Waals surface area contributed by atoms with Gasteiger partial charge in [-0.15, -0.1) is 0 Å². The van der Waals surface area contributed by atoms with Crippen molar-refractivity contribution in [2.45, 2.75) is 80.3 Å². The first-order chi connectivity index (χ1) is 71.2. The van der Waals surface area contributed by atoms with E-state index in [1.807, 2.05) is 24.3 Å². The number of aromatic nitrogens is 16. The van der Waals surface area contributed by atoms with Crippen molar-refractivity contribution in [1.29, 1.82) is 0 Å². The van der Waals surface area contributed by atoms with Crippen LogP contribution in [0.2, 0.25) is 5.02 Å². The Balaban J connectivity index is 0.000000157. The molecule has 0 spiro atoms. The lowest BCUT2D eigenvalue weighted by Gasteiger charge is -2.19. The summed E-state index contributed by atoms with van der Waals surface area (Å²) in [4.78, 5) is 89.7. The summed E-state index contributed by atoms with van der Waals surface area (Å²) in [5, 5.41) is 9.95. The normalized spacial score (nSPS) is 15.0. The minimum Gasteiger partial charge on any atom is -0.431 e. The van der Waals surface area contributed by atoms with Gasteiger partial charge in [-0.3, -0.25) is 75.5 Å². The Labute approximate surface area is 855 Å². The molecular weight excluding hydrogens is 2130 g/mol. The van der Waals surface area contributed by atoms with Crippen LogP contribution in [0, 0.1) is 38.2 Å². The second kappa shape index (κ2) is 50.3. The summed E-state index contributed by atoms with van der Waals surface area (Å²) < 4.78 is 212. The number of rotatable bonds is 46. The first kappa shape index (κ1) is 111. The standard InChI is InChI=1S/C26H24BrClN5O7P.C22H25FN5O8P.C22H25FN5O7P.C21H23FN5O7P/c1-16-39-21(23(40-16)18-5-7-20(28)8-6-18)13-38-41(35,37-12-17-3-2-4-19(27)11-17)15-36-10-9-33-14-30-22-24(33)31-26(29)32-25(22)34;1-13-3-4-15(7-16(13)23)9-33-37(31,34-10-18-17(8-29)35-14(2)36-18)12-32-6-5-28-11-25-19-20(28)26-22(24)27-21(19)30;1-13-4-5-16(8-17(13)23)9-32-36(30,33-10-18-14(2)34-15(3)35-18)12-31-7-6-28-11-25-19-20(28)26-22(24)27-21(19)29;1-13-3-4-15(7-17(13)22)8-32-35(29,33-10-16-9-31-14(2)34-16)12-30-6-5-27-11-24-18-19(27)25-21(23)26-20(18)28/h2-8,11,14H,1,9-10,12-13,15H2,(H3,29,31,32,34);3-4,7,11,29H,2,5-6,8-10,12H2,1H3,(H3,24,26,27,30);4-5,8,11H,3,6-7,9-10,12H2,1-2H3,(H3,24,26,27,29);3-4,7,9,11H,2,5-6,8,10,12H2,1H3,(H3,23,25,26,28). The number of hydrogen-bond donors (Lipinski definition) is 9. The van der Waals surface area contributed by atoms with E-state index in [9.17, 15) is 55.7 Å². The average molecular weight is 2230 g/mol. The van der Waals surface area contributed by atoms with Gasteiger partial charge in [-0.1, -0.05) is 76.1 Å². The molecule has 0 radical (unpaired) electrons. The van der Waals surface area contributed by atoms with Crippen LogP contribution in [0.5, 0.6) is 0 Å². The van der Waals surface area contributed by atoms with Crippen LogP contribution in [0.4, 0.5) is 37.0 Å². The number of nitrogens with two attached hydrogens (primary N) is 4. The number of aliphatic hydroxyl groups is 1. The van der Waals surface area contributed by atoms with E-state index >= 15 is 0 Å². The van der Waals surface area contributed by atoms with E-state index in [1.54, 1.807) is 107 Å². The van der Waals surface area contributed by atoms with Gasteiger partial charge in [-0.25, -0.2) is 33.1 Å². The quantitative estimate of drug-likeness (QED) is 0.0126. The van der Waals surface area contributed by atoms with Gasteiger partial charge < -0.3 is 121 Å². The highest BCUT2D eigenvalue weighted by Gasteiger charge is 2.36. The smallest absolute Gasteiger partial charge is 0.356 e. The number of benzene rings is 5. The van der Waals surface area contributed by atoms with E-state index in [0.29, 0.717) is 66.9 Å². The van der Waals surface area contributed by atoms with E-state index in [4.69, 9.17) is 128 Å². The monoisotopic (exact) mass is 2230 g/mol. The fraction of sp³-hybridized carbons (Fsp3) is 0.275. The van der Waals surface area contributed by atoms with Crippen molar-refractivity contribution in [1.82, 2.24) is 78.1 Å². The van der Waals surface area contributed by atoms with Crippen LogP contribution in [0.15, 0.2) is 243 Å². The van der Waals surface area contributed by atoms with Crippen LogP contribution < -0.4 is 45.2 Å². The van der Waals surface area contributed by atoms with Gasteiger partial charge in [-0.05, 0) is 148 Å². The Morgan fingerprint density at radius 2 is 0.732 bits per heavy atom. The highest BCUT2D eigenvalue weighted by Crippen LogP contribution is 2.54. The van der Waals surface area contributed by atoms with Crippen LogP contribution in [0.3, 0.4) is 0 Å². The zero-order valence-corrected chi connectivity index (χ0v) is 85.5. The molecule has 49 nitrogen and oxygen atoms in total. The maximum absolute atomic E-state index is 13.9. The molecule has 0 aliphatic carbocycles. The molecular formula is C91H97BrClF3N20O29P4. The molecule has 0 amide bonds. The molecule has 4 unspecified atom stereocenters. The molecule has 13 aromatic rings. The Hall–Kier alpha value is -14.0. The Kier molecular flexibility index (Phi) is 37.4. The first-order valence-corrected chi connectivity index (χ1v) is 52.3. The topological polar surface area (TPSA) is 631 Å². The Bertz CT molecular complexity index is 7790. The van der Waals surface area contributed by atoms with Crippen molar-refractivity contribution in [2.75, 3.05) is 108 Å². The van der Waals surface area contributed by atoms with Gasteiger partial charge in [0.05, 0.1) is 78.2 Å². The third-order valence-electron chi connectivity index (χ3n) is 21.0. The minimum atomic E-state index is -3.93. The van der Waals surface area contributed by atoms with Gasteiger partial charge in [0.25, 0.3) is 46.0 Å². The van der Waals surface area contributed by atoms with Crippen LogP contribution in [-0.2, 0) is 164 Å². The summed E-state index contributed by atoms with van der Waals surface area (Å²) in [6, 6.07) is 27.9. The number of allylic oxidation sites excluding steroid dienone is 1. The number of ether oxygens (including phenoxy) is 12. The summed E-state index contributed by atoms with van der Waals surface area (Å²) in [5.74, 6) is 0.447. The van der Waals surface area contributed by atoms with E-state index in [-0.39, 0.29) is 221 Å². The molecule has 790 valence electrons. The van der Waals surface area contributed by atoms with Crippen LogP contribution in [-0.4, -0.2) is 168 Å². The molecule has 0 saturated carbocycles. The van der Waals surface area contributed by atoms with Gasteiger partial charge in [0.2, 0.25) is 23.8 Å². The number of halogens is 5. The predicted octanol–water partition coefficient (Wildman–Crippen LogP) is 13.9. The van der Waals surface area contributed by atoms with Gasteiger partial charge in [0.15, 0.2) is 79.2 Å². The molecule has 4 aliphatic rings. The number of aromatic amines is 4. The number of hydrogen-bond acceptors (Lipinski definition) is 41. The number of nitrogens with zero attached hydrogens (tertiary/aromatic N) is 12. The molecule has 58 heteroatoms. The van der Waals surface area contributed by atoms with E-state index in [0.717, 1.165) is 10.0 Å². The number of aliphatic hydroxyl groups excluding tert-OH is 1. The summed E-state index contributed by atoms with van der Waals surface area (Å²) in [6.45, 7) is 19.9. The van der Waals surface area contributed by atoms with Crippen LogP contribution >= 0.6 is 57.9 Å². The third-order valence-corrected chi connectivity index (χ3v) is 27.9. The molecule has 4 aliphatic heterocycles. The molecule has 149 heavy (non-hydrogen) atoms. The van der Waals surface area contributed by atoms with Crippen LogP contribution in [0.1, 0.15) is 51.4 Å². The summed E-state index contributed by atoms with van der Waals surface area (Å²) >= 11 is 9.42. The van der Waals surface area contributed by atoms with Crippen molar-refractivity contribution in [3.05, 3.63) is 332 Å². The maximum Gasteiger partial charge on any atom is 0.356 e. The minimum absolute atomic E-state index is 0.00532. The van der Waals surface area contributed by atoms with E-state index in [2.05, 4.69) is 102 Å². The molecule has 0 fully saturated rings. The highest BCUT2D eigenvalue weighted by atomic mass is 79.9. The number of H-pyrrole nitrogens is 4. The third kappa shape index (κ3) is 30.6. The molecule has 5 aromatic carbocycles. The van der Waals surface area contributed by atoms with Crippen molar-refractivity contribution >= 4 is 132 Å². The highest BCUT2D eigenvalue weighted by molar-refractivity contribution is 9.10. The summed E-state index contributed by atoms with van der Waals surface area (Å²) in [6.07, 6.45) is 5.33. The first-order valence-electron chi connectivity index (χ1n) is 44.3. The number of nitrogen functional groups attached to an aromatic ring is 4. The maximum atomic E-state index is 13.9. The molecule has 17 rings (SSSR count). The van der Waals surface area contributed by atoms with Gasteiger partial charge in [0, 0.05) is 41.2 Å². The van der Waals surface area contributed by atoms with Gasteiger partial charge in [-0.2, -0.15) is 19.9 Å². The summed E-state index contributed by atoms with van der Waals surface area (Å²) in [5.41, 5.74) is 26.6. The SMILES string of the molecule is C=C1OC(C)=C(COP(=O)(COCCn2cnc3c(=O)[nH]c(N)nc32)OCc2ccc(C)c(F)c2)O1.C=C1OC(CO)=C(COP(=O)(COCCn2cnc3c(=O)[nH]c(N)nc32)OCc2ccc(C)c(F)c2)O1.C=C1OC(COP(=O)(COCCn2cnc3c(=O)[nH]c(N)nc32)OCc2cccc(Br)c2)=C(c2ccc(Cl)cc2)O1.C=C1OC=C(COP(=O)(COCCn2cnc3c(=O)[nH]c(N)nc32)OCc2ccc(C)c(F)c2)O1. The zero-order chi connectivity index (χ0) is 106. The number of fused-ring (bicyclic) bond motifs is 4. The second-order valence-electron chi connectivity index (χ2n) is 32.1. The zero-order valence-electron chi connectivity index (χ0n) is 79.6. The van der Waals surface area contributed by atoms with Crippen LogP contribution in [0.25, 0.3) is 50.4 Å². The van der Waals surface area contributed by atoms with Gasteiger partial charge in [0.1, 0.15) is 87.9 Å². The Morgan fingerprint density at radius 1 is 0.403 bits per heavy atom. The van der Waals surface area contributed by atoms with Gasteiger partial charge >= 0.3 is 30.4 Å². The molecule has 4 atom stereocenters. The second-order valence-corrected chi connectivity index (χ2v) is 41.4. The number of anilines is 4. The molecule has 0 bridgehead atoms. The number of aryl methyl sites for hydroxylation is 3. The molecule has 12 heterocycles. The lowest BCUT2D eigenvalue weighted by atomic mass is 10.1. The molecule has 0 saturated heterocycles. The molecule has 8 aromatic heterocycles. The fourth-order valence-electron chi connectivity index (χ4n) is 13.4. The number of nitrogens with one attached hydrogen (secondary N) is 4. The lowest BCUT2D eigenvalue weighted by Crippen LogP contribution is -2.13.